The average molecular weight is 355 g/mol. The molecule has 0 bridgehead atoms. The highest BCUT2D eigenvalue weighted by Gasteiger charge is 2.54. The van der Waals surface area contributed by atoms with E-state index in [1.54, 1.807) is 0 Å². The van der Waals surface area contributed by atoms with Gasteiger partial charge in [0.15, 0.2) is 0 Å². The zero-order valence-electron chi connectivity index (χ0n) is 15.3. The van der Waals surface area contributed by atoms with E-state index in [1.807, 2.05) is 12.4 Å². The van der Waals surface area contributed by atoms with Gasteiger partial charge >= 0.3 is 0 Å². The van der Waals surface area contributed by atoms with E-state index in [-0.39, 0.29) is 5.41 Å². The summed E-state index contributed by atoms with van der Waals surface area (Å²) in [4.78, 5) is 4.48. The van der Waals surface area contributed by atoms with Crippen molar-refractivity contribution in [2.75, 3.05) is 0 Å². The molecule has 1 unspecified atom stereocenters. The van der Waals surface area contributed by atoms with Crippen LogP contribution in [0.4, 0.5) is 0 Å². The van der Waals surface area contributed by atoms with Crippen LogP contribution in [-0.2, 0) is 11.8 Å². The van der Waals surface area contributed by atoms with Gasteiger partial charge in [0.1, 0.15) is 0 Å². The SMILES string of the molecule is c1ccc2c(c1)CC1=C2C2(c3ccccc31)c1ccccc1-c1cnccc12. The molecule has 1 heteroatoms. The Morgan fingerprint density at radius 2 is 1.25 bits per heavy atom. The third-order valence-corrected chi connectivity index (χ3v) is 6.83. The van der Waals surface area contributed by atoms with Gasteiger partial charge in [-0.05, 0) is 62.6 Å². The van der Waals surface area contributed by atoms with Crippen LogP contribution >= 0.6 is 0 Å². The molecule has 0 aliphatic heterocycles. The van der Waals surface area contributed by atoms with Gasteiger partial charge in [0, 0.05) is 18.0 Å². The Labute approximate surface area is 164 Å². The van der Waals surface area contributed by atoms with Crippen molar-refractivity contribution in [3.05, 3.63) is 125 Å². The second kappa shape index (κ2) is 4.88. The second-order valence-corrected chi connectivity index (χ2v) is 7.95. The maximum absolute atomic E-state index is 4.48. The third-order valence-electron chi connectivity index (χ3n) is 6.83. The van der Waals surface area contributed by atoms with E-state index in [4.69, 9.17) is 0 Å². The highest BCUT2D eigenvalue weighted by atomic mass is 14.6. The first-order valence-electron chi connectivity index (χ1n) is 9.87. The summed E-state index contributed by atoms with van der Waals surface area (Å²) >= 11 is 0. The average Bonchev–Trinajstić information content (AvgIpc) is 3.37. The lowest BCUT2D eigenvalue weighted by atomic mass is 9.68. The number of fused-ring (bicyclic) bond motifs is 11. The molecule has 3 aliphatic rings. The van der Waals surface area contributed by atoms with Gasteiger partial charge in [0.25, 0.3) is 0 Å². The van der Waals surface area contributed by atoms with Crippen LogP contribution in [0.15, 0.2) is 91.3 Å². The van der Waals surface area contributed by atoms with Crippen LogP contribution in [0, 0.1) is 0 Å². The number of allylic oxidation sites excluding steroid dienone is 2. The van der Waals surface area contributed by atoms with Crippen molar-refractivity contribution in [3.8, 4) is 11.1 Å². The Morgan fingerprint density at radius 1 is 0.607 bits per heavy atom. The number of hydrogen-bond donors (Lipinski definition) is 0. The fourth-order valence-electron chi connectivity index (χ4n) is 5.91. The largest absolute Gasteiger partial charge is 0.264 e. The smallest absolute Gasteiger partial charge is 0.0729 e. The molecule has 0 radical (unpaired) electrons. The Balaban J connectivity index is 1.71. The van der Waals surface area contributed by atoms with Crippen LogP contribution in [0.2, 0.25) is 0 Å². The lowest BCUT2D eigenvalue weighted by Crippen LogP contribution is -2.26. The Hall–Kier alpha value is -3.45. The van der Waals surface area contributed by atoms with E-state index < -0.39 is 0 Å². The van der Waals surface area contributed by atoms with Crippen molar-refractivity contribution in [3.63, 3.8) is 0 Å². The van der Waals surface area contributed by atoms with Crippen molar-refractivity contribution in [1.82, 2.24) is 4.98 Å². The topological polar surface area (TPSA) is 12.9 Å². The molecule has 0 N–H and O–H groups in total. The van der Waals surface area contributed by atoms with Gasteiger partial charge in [-0.25, -0.2) is 0 Å². The van der Waals surface area contributed by atoms with Gasteiger partial charge < -0.3 is 0 Å². The molecule has 1 nitrogen and oxygen atoms in total. The quantitative estimate of drug-likeness (QED) is 0.384. The number of hydrogen-bond acceptors (Lipinski definition) is 1. The van der Waals surface area contributed by atoms with Crippen molar-refractivity contribution in [2.24, 2.45) is 0 Å². The third kappa shape index (κ3) is 1.46. The molecule has 1 heterocycles. The molecule has 1 spiro atoms. The summed E-state index contributed by atoms with van der Waals surface area (Å²) < 4.78 is 0. The number of nitrogens with zero attached hydrogens (tertiary/aromatic N) is 1. The number of pyridine rings is 1. The van der Waals surface area contributed by atoms with E-state index >= 15 is 0 Å². The Kier molecular flexibility index (Phi) is 2.54. The van der Waals surface area contributed by atoms with Crippen LogP contribution in [0.1, 0.15) is 33.4 Å². The molecule has 0 saturated heterocycles. The zero-order valence-corrected chi connectivity index (χ0v) is 15.3. The number of benzene rings is 3. The molecule has 0 saturated carbocycles. The maximum atomic E-state index is 4.48. The first-order valence-corrected chi connectivity index (χ1v) is 9.87. The molecule has 3 aromatic carbocycles. The van der Waals surface area contributed by atoms with Crippen molar-refractivity contribution in [2.45, 2.75) is 11.8 Å². The summed E-state index contributed by atoms with van der Waals surface area (Å²) in [7, 11) is 0. The monoisotopic (exact) mass is 355 g/mol. The summed E-state index contributed by atoms with van der Waals surface area (Å²) in [5, 5.41) is 0. The van der Waals surface area contributed by atoms with Crippen LogP contribution in [0.3, 0.4) is 0 Å². The Bertz CT molecular complexity index is 1300. The minimum Gasteiger partial charge on any atom is -0.264 e. The second-order valence-electron chi connectivity index (χ2n) is 7.95. The van der Waals surface area contributed by atoms with Crippen LogP contribution < -0.4 is 0 Å². The molecule has 7 rings (SSSR count). The minimum absolute atomic E-state index is 0.229. The van der Waals surface area contributed by atoms with Gasteiger partial charge in [-0.1, -0.05) is 72.8 Å². The van der Waals surface area contributed by atoms with Gasteiger partial charge in [0.05, 0.1) is 5.41 Å². The predicted octanol–water partition coefficient (Wildman–Crippen LogP) is 5.88. The lowest BCUT2D eigenvalue weighted by molar-refractivity contribution is 0.840. The highest BCUT2D eigenvalue weighted by Crippen LogP contribution is 2.66. The van der Waals surface area contributed by atoms with E-state index in [0.29, 0.717) is 0 Å². The van der Waals surface area contributed by atoms with E-state index in [1.165, 1.54) is 55.7 Å². The maximum Gasteiger partial charge on any atom is 0.0729 e. The van der Waals surface area contributed by atoms with Gasteiger partial charge in [0.2, 0.25) is 0 Å². The molecule has 3 aliphatic carbocycles. The molecular formula is C27H17N. The molecule has 4 aromatic rings. The van der Waals surface area contributed by atoms with Gasteiger partial charge in [-0.2, -0.15) is 0 Å². The van der Waals surface area contributed by atoms with E-state index in [9.17, 15) is 0 Å². The fourth-order valence-corrected chi connectivity index (χ4v) is 5.91. The minimum atomic E-state index is -0.229. The molecule has 28 heavy (non-hydrogen) atoms. The summed E-state index contributed by atoms with van der Waals surface area (Å²) in [5.41, 5.74) is 13.8. The first-order chi connectivity index (χ1) is 13.9. The van der Waals surface area contributed by atoms with Gasteiger partial charge in [-0.15, -0.1) is 0 Å². The van der Waals surface area contributed by atoms with Crippen molar-refractivity contribution in [1.29, 1.82) is 0 Å². The van der Waals surface area contributed by atoms with Crippen molar-refractivity contribution < 1.29 is 0 Å². The highest BCUT2D eigenvalue weighted by molar-refractivity contribution is 6.12. The number of aromatic nitrogens is 1. The van der Waals surface area contributed by atoms with Crippen LogP contribution in [-0.4, -0.2) is 4.98 Å². The predicted molar refractivity (Wildman–Crippen MR) is 113 cm³/mol. The van der Waals surface area contributed by atoms with Gasteiger partial charge in [-0.3, -0.25) is 4.98 Å². The standard InChI is InChI=1S/C27H17N/c1-2-8-18-17(7-1)15-21-19-9-3-5-11-23(19)27(26(18)21)24-12-6-4-10-20(24)22-16-28-14-13-25(22)27/h1-14,16H,15H2. The molecule has 1 atom stereocenters. The fraction of sp³-hybridized carbons (Fsp3) is 0.0741. The molecular weight excluding hydrogens is 338 g/mol. The summed E-state index contributed by atoms with van der Waals surface area (Å²) in [6.45, 7) is 0. The summed E-state index contributed by atoms with van der Waals surface area (Å²) in [6.07, 6.45) is 5.02. The molecule has 0 amide bonds. The normalized spacial score (nSPS) is 20.0. The van der Waals surface area contributed by atoms with Crippen molar-refractivity contribution >= 4 is 11.1 Å². The summed E-state index contributed by atoms with van der Waals surface area (Å²) in [6, 6.07) is 29.1. The molecule has 0 fully saturated rings. The Morgan fingerprint density at radius 3 is 2.11 bits per heavy atom. The summed E-state index contributed by atoms with van der Waals surface area (Å²) in [5.74, 6) is 0. The lowest BCUT2D eigenvalue weighted by Gasteiger charge is -2.32. The van der Waals surface area contributed by atoms with Crippen LogP contribution in [0.5, 0.6) is 0 Å². The first kappa shape index (κ1) is 14.6. The van der Waals surface area contributed by atoms with E-state index in [0.717, 1.165) is 6.42 Å². The number of rotatable bonds is 0. The zero-order chi connectivity index (χ0) is 18.3. The molecule has 130 valence electrons. The molecule has 1 aromatic heterocycles. The van der Waals surface area contributed by atoms with E-state index in [2.05, 4.69) is 83.8 Å². The van der Waals surface area contributed by atoms with Crippen LogP contribution in [0.25, 0.3) is 22.3 Å².